The minimum absolute atomic E-state index is 0.0698. The molecule has 4 rings (SSSR count). The number of ketones is 1. The number of hydrogen-bond acceptors (Lipinski definition) is 8. The minimum Gasteiger partial charge on any atom is -0.456 e. The SMILES string of the molecule is C/C=C(\C)C(=O)O[C@@H]1[C@@H](C)[C@@]2(O)[C@@H](C=C(CO)C[C@]3(OC(C)=O)C(=O)C(C)=C[C@@H]23)[C@@H]2C(C)(C)[C@]12O. The topological polar surface area (TPSA) is 130 Å². The van der Waals surface area contributed by atoms with Crippen molar-refractivity contribution in [2.24, 2.45) is 29.1 Å². The van der Waals surface area contributed by atoms with Gasteiger partial charge < -0.3 is 24.8 Å². The van der Waals surface area contributed by atoms with Crippen LogP contribution in [0.1, 0.15) is 54.9 Å². The molecule has 0 unspecified atom stereocenters. The predicted molar refractivity (Wildman–Crippen MR) is 126 cm³/mol. The molecule has 0 bridgehead atoms. The lowest BCUT2D eigenvalue weighted by atomic mass is 9.59. The Morgan fingerprint density at radius 2 is 1.83 bits per heavy atom. The Bertz CT molecular complexity index is 1080. The van der Waals surface area contributed by atoms with E-state index in [-0.39, 0.29) is 6.42 Å². The third-order valence-electron chi connectivity index (χ3n) is 9.29. The van der Waals surface area contributed by atoms with Crippen LogP contribution in [0.4, 0.5) is 0 Å². The van der Waals surface area contributed by atoms with Crippen molar-refractivity contribution < 1.29 is 39.2 Å². The molecule has 0 aromatic carbocycles. The number of Topliss-reactive ketones (excluding diaryl/α,β-unsaturated/α-hetero) is 1. The monoisotopic (exact) mass is 488 g/mol. The van der Waals surface area contributed by atoms with Crippen LogP contribution in [0.5, 0.6) is 0 Å². The lowest BCUT2D eigenvalue weighted by Crippen LogP contribution is -2.66. The van der Waals surface area contributed by atoms with E-state index in [1.807, 2.05) is 13.8 Å². The first kappa shape index (κ1) is 25.8. The van der Waals surface area contributed by atoms with Crippen molar-refractivity contribution in [1.82, 2.24) is 0 Å². The van der Waals surface area contributed by atoms with Gasteiger partial charge in [-0.2, -0.15) is 0 Å². The fourth-order valence-electron chi connectivity index (χ4n) is 7.31. The third kappa shape index (κ3) is 3.12. The first-order valence-corrected chi connectivity index (χ1v) is 12.2. The molecule has 2 fully saturated rings. The Morgan fingerprint density at radius 1 is 1.20 bits per heavy atom. The Morgan fingerprint density at radius 3 is 2.37 bits per heavy atom. The van der Waals surface area contributed by atoms with Gasteiger partial charge in [0.05, 0.1) is 18.1 Å². The summed E-state index contributed by atoms with van der Waals surface area (Å²) in [7, 11) is 0. The molecule has 0 aliphatic heterocycles. The highest BCUT2D eigenvalue weighted by atomic mass is 16.6. The molecule has 192 valence electrons. The third-order valence-corrected chi connectivity index (χ3v) is 9.29. The van der Waals surface area contributed by atoms with Gasteiger partial charge in [0, 0.05) is 42.1 Å². The average Bonchev–Trinajstić information content (AvgIpc) is 3.17. The van der Waals surface area contributed by atoms with Gasteiger partial charge in [0.25, 0.3) is 0 Å². The molecule has 0 heterocycles. The number of aliphatic hydroxyl groups excluding tert-OH is 1. The molecule has 4 aliphatic rings. The molecule has 0 aromatic heterocycles. The summed E-state index contributed by atoms with van der Waals surface area (Å²) in [6.07, 6.45) is 3.84. The summed E-state index contributed by atoms with van der Waals surface area (Å²) in [5, 5.41) is 34.7. The van der Waals surface area contributed by atoms with Crippen molar-refractivity contribution >= 4 is 17.7 Å². The number of allylic oxidation sites excluding steroid dienone is 1. The normalized spacial score (nSPS) is 43.7. The molecule has 2 saturated carbocycles. The number of rotatable bonds is 4. The molecular formula is C27H36O8. The highest BCUT2D eigenvalue weighted by Crippen LogP contribution is 2.75. The Balaban J connectivity index is 1.94. The number of hydrogen-bond donors (Lipinski definition) is 3. The zero-order chi connectivity index (χ0) is 26.3. The van der Waals surface area contributed by atoms with Crippen LogP contribution in [0, 0.1) is 29.1 Å². The van der Waals surface area contributed by atoms with Gasteiger partial charge in [0.1, 0.15) is 11.7 Å². The van der Waals surface area contributed by atoms with Crippen LogP contribution >= 0.6 is 0 Å². The maximum Gasteiger partial charge on any atom is 0.333 e. The highest BCUT2D eigenvalue weighted by molar-refractivity contribution is 6.06. The van der Waals surface area contributed by atoms with E-state index in [0.29, 0.717) is 16.7 Å². The van der Waals surface area contributed by atoms with Crippen LogP contribution in [0.15, 0.2) is 34.9 Å². The number of aliphatic hydroxyl groups is 3. The molecule has 0 amide bonds. The lowest BCUT2D eigenvalue weighted by Gasteiger charge is -2.53. The van der Waals surface area contributed by atoms with Crippen LogP contribution in [-0.2, 0) is 23.9 Å². The first-order valence-electron chi connectivity index (χ1n) is 12.2. The van der Waals surface area contributed by atoms with Crippen LogP contribution in [0.2, 0.25) is 0 Å². The number of ether oxygens (including phenoxy) is 2. The molecule has 8 atom stereocenters. The van der Waals surface area contributed by atoms with Gasteiger partial charge in [-0.1, -0.05) is 39.0 Å². The Hall–Kier alpha value is -2.29. The number of carbonyl (C=O) groups excluding carboxylic acids is 3. The molecule has 0 radical (unpaired) electrons. The van der Waals surface area contributed by atoms with Crippen molar-refractivity contribution in [1.29, 1.82) is 0 Å². The van der Waals surface area contributed by atoms with E-state index < -0.39 is 76.3 Å². The molecule has 35 heavy (non-hydrogen) atoms. The van der Waals surface area contributed by atoms with Crippen molar-refractivity contribution in [3.05, 3.63) is 34.9 Å². The molecular weight excluding hydrogens is 452 g/mol. The zero-order valence-corrected chi connectivity index (χ0v) is 21.4. The van der Waals surface area contributed by atoms with Crippen molar-refractivity contribution in [2.75, 3.05) is 6.61 Å². The summed E-state index contributed by atoms with van der Waals surface area (Å²) >= 11 is 0. The summed E-state index contributed by atoms with van der Waals surface area (Å²) < 4.78 is 11.6. The summed E-state index contributed by atoms with van der Waals surface area (Å²) in [5.41, 5.74) is -4.45. The van der Waals surface area contributed by atoms with Crippen LogP contribution in [0.3, 0.4) is 0 Å². The van der Waals surface area contributed by atoms with Crippen LogP contribution < -0.4 is 0 Å². The van der Waals surface area contributed by atoms with E-state index in [0.717, 1.165) is 0 Å². The smallest absolute Gasteiger partial charge is 0.333 e. The van der Waals surface area contributed by atoms with Gasteiger partial charge in [0.2, 0.25) is 5.78 Å². The van der Waals surface area contributed by atoms with E-state index in [1.54, 1.807) is 45.9 Å². The lowest BCUT2D eigenvalue weighted by molar-refractivity contribution is -0.223. The van der Waals surface area contributed by atoms with E-state index in [1.165, 1.54) is 6.92 Å². The number of esters is 2. The molecule has 0 spiro atoms. The minimum atomic E-state index is -1.73. The van der Waals surface area contributed by atoms with Crippen molar-refractivity contribution in [3.8, 4) is 0 Å². The zero-order valence-electron chi connectivity index (χ0n) is 21.4. The summed E-state index contributed by atoms with van der Waals surface area (Å²) in [6.45, 7) is 11.2. The van der Waals surface area contributed by atoms with Gasteiger partial charge in [-0.3, -0.25) is 9.59 Å². The van der Waals surface area contributed by atoms with Gasteiger partial charge in [-0.15, -0.1) is 0 Å². The van der Waals surface area contributed by atoms with E-state index >= 15 is 0 Å². The molecule has 0 aromatic rings. The molecule has 8 nitrogen and oxygen atoms in total. The fourth-order valence-corrected chi connectivity index (χ4v) is 7.31. The predicted octanol–water partition coefficient (Wildman–Crippen LogP) is 2.02. The van der Waals surface area contributed by atoms with Gasteiger partial charge in [-0.05, 0) is 31.9 Å². The second-order valence-corrected chi connectivity index (χ2v) is 11.3. The van der Waals surface area contributed by atoms with Crippen molar-refractivity contribution in [2.45, 2.75) is 77.8 Å². The summed E-state index contributed by atoms with van der Waals surface area (Å²) in [4.78, 5) is 38.5. The molecule has 4 aliphatic carbocycles. The molecule has 0 saturated heterocycles. The first-order chi connectivity index (χ1) is 16.1. The van der Waals surface area contributed by atoms with Gasteiger partial charge in [-0.25, -0.2) is 4.79 Å². The molecule has 3 N–H and O–H groups in total. The molecule has 8 heteroatoms. The average molecular weight is 489 g/mol. The summed E-state index contributed by atoms with van der Waals surface area (Å²) in [6, 6.07) is 0. The van der Waals surface area contributed by atoms with Crippen molar-refractivity contribution in [3.63, 3.8) is 0 Å². The maximum atomic E-state index is 13.5. The largest absolute Gasteiger partial charge is 0.456 e. The second kappa shape index (κ2) is 7.85. The van der Waals surface area contributed by atoms with Gasteiger partial charge in [0.15, 0.2) is 5.60 Å². The van der Waals surface area contributed by atoms with E-state index in [2.05, 4.69) is 0 Å². The number of carbonyl (C=O) groups is 3. The summed E-state index contributed by atoms with van der Waals surface area (Å²) in [5.74, 6) is -4.71. The number of fused-ring (bicyclic) bond motifs is 5. The highest BCUT2D eigenvalue weighted by Gasteiger charge is 2.85. The Labute approximate surface area is 205 Å². The fraction of sp³-hybridized carbons (Fsp3) is 0.667. The second-order valence-electron chi connectivity index (χ2n) is 11.3. The maximum absolute atomic E-state index is 13.5. The van der Waals surface area contributed by atoms with E-state index in [9.17, 15) is 29.7 Å². The van der Waals surface area contributed by atoms with Crippen LogP contribution in [0.25, 0.3) is 0 Å². The quantitative estimate of drug-likeness (QED) is 0.311. The Kier molecular flexibility index (Phi) is 5.79. The standard InChI is InChI=1S/C27H36O8/c1-8-13(2)23(31)34-22-15(4)26(32)18(20-24(6,7)27(20,22)33)10-17(12-28)11-25(35-16(5)29)19(26)9-14(3)21(25)30/h8-10,15,18-20,22,28,32-33H,11-12H2,1-7H3/b13-8+/t15-,18+,19-,20-,22-,25-,26-,27-/m1/s1. The van der Waals surface area contributed by atoms with E-state index in [4.69, 9.17) is 9.47 Å². The van der Waals surface area contributed by atoms with Gasteiger partial charge >= 0.3 is 11.9 Å². The van der Waals surface area contributed by atoms with Crippen LogP contribution in [-0.4, -0.2) is 62.6 Å².